The largest absolute Gasteiger partial charge is 0.504 e. The van der Waals surface area contributed by atoms with Crippen LogP contribution in [-0.4, -0.2) is 29.8 Å². The predicted octanol–water partition coefficient (Wildman–Crippen LogP) is 2.85. The van der Waals surface area contributed by atoms with Gasteiger partial charge < -0.3 is 19.8 Å². The second kappa shape index (κ2) is 6.00. The van der Waals surface area contributed by atoms with Gasteiger partial charge in [-0.2, -0.15) is 0 Å². The Morgan fingerprint density at radius 2 is 2.04 bits per heavy atom. The number of carbonyl (C=O) groups excluding carboxylic acids is 1. The second-order valence-corrected chi connectivity index (χ2v) is 6.15. The number of halogens is 1. The number of anilines is 1. The predicted molar refractivity (Wildman–Crippen MR) is 91.7 cm³/mol. The Morgan fingerprint density at radius 3 is 2.71 bits per heavy atom. The van der Waals surface area contributed by atoms with Crippen molar-refractivity contribution in [2.75, 3.05) is 18.6 Å². The smallest absolute Gasteiger partial charge is 0.264 e. The minimum atomic E-state index is -1.78. The van der Waals surface area contributed by atoms with Crippen LogP contribution in [0, 0.1) is 0 Å². The van der Waals surface area contributed by atoms with Crippen LogP contribution in [0.15, 0.2) is 36.4 Å². The fraction of sp³-hybridized carbons (Fsp3) is 0.278. The zero-order valence-electron chi connectivity index (χ0n) is 13.4. The SMILES string of the molecule is CCN1C(=O)C(O)(Cc2cccc(OC)c2O)c2cc(Cl)ccc21. The number of phenols is 1. The van der Waals surface area contributed by atoms with Crippen molar-refractivity contribution in [2.45, 2.75) is 18.9 Å². The average molecular weight is 348 g/mol. The number of para-hydroxylation sites is 1. The number of rotatable bonds is 4. The number of benzene rings is 2. The van der Waals surface area contributed by atoms with Crippen LogP contribution < -0.4 is 9.64 Å². The molecule has 5 nitrogen and oxygen atoms in total. The van der Waals surface area contributed by atoms with E-state index in [2.05, 4.69) is 0 Å². The van der Waals surface area contributed by atoms with E-state index in [9.17, 15) is 15.0 Å². The van der Waals surface area contributed by atoms with Crippen LogP contribution in [0.3, 0.4) is 0 Å². The lowest BCUT2D eigenvalue weighted by atomic mass is 9.88. The summed E-state index contributed by atoms with van der Waals surface area (Å²) in [7, 11) is 1.45. The monoisotopic (exact) mass is 347 g/mol. The van der Waals surface area contributed by atoms with Crippen molar-refractivity contribution < 1.29 is 19.7 Å². The van der Waals surface area contributed by atoms with Crippen molar-refractivity contribution >= 4 is 23.2 Å². The summed E-state index contributed by atoms with van der Waals surface area (Å²) in [5.41, 5.74) is -0.268. The van der Waals surface area contributed by atoms with Crippen LogP contribution in [0.2, 0.25) is 5.02 Å². The minimum Gasteiger partial charge on any atom is -0.504 e. The molecule has 0 aromatic heterocycles. The molecule has 2 N–H and O–H groups in total. The Bertz CT molecular complexity index is 808. The average Bonchev–Trinajstić information content (AvgIpc) is 2.77. The first-order chi connectivity index (χ1) is 11.4. The zero-order valence-corrected chi connectivity index (χ0v) is 14.2. The lowest BCUT2D eigenvalue weighted by Gasteiger charge is -2.23. The number of aromatic hydroxyl groups is 1. The summed E-state index contributed by atoms with van der Waals surface area (Å²) in [5, 5.41) is 21.9. The Hall–Kier alpha value is -2.24. The molecule has 0 aliphatic carbocycles. The number of methoxy groups -OCH3 is 1. The second-order valence-electron chi connectivity index (χ2n) is 5.72. The summed E-state index contributed by atoms with van der Waals surface area (Å²) in [6, 6.07) is 9.98. The molecule has 1 heterocycles. The van der Waals surface area contributed by atoms with Crippen molar-refractivity contribution in [1.29, 1.82) is 0 Å². The molecule has 0 fully saturated rings. The van der Waals surface area contributed by atoms with Crippen LogP contribution in [-0.2, 0) is 16.8 Å². The molecule has 0 saturated carbocycles. The Balaban J connectivity index is 2.10. The number of fused-ring (bicyclic) bond motifs is 1. The zero-order chi connectivity index (χ0) is 17.5. The van der Waals surface area contributed by atoms with E-state index in [1.165, 1.54) is 12.0 Å². The van der Waals surface area contributed by atoms with Crippen LogP contribution in [0.1, 0.15) is 18.1 Å². The van der Waals surface area contributed by atoms with Crippen molar-refractivity contribution in [1.82, 2.24) is 0 Å². The number of aliphatic hydroxyl groups is 1. The first kappa shape index (κ1) is 16.6. The van der Waals surface area contributed by atoms with Gasteiger partial charge in [-0.15, -0.1) is 0 Å². The van der Waals surface area contributed by atoms with Crippen molar-refractivity contribution in [3.63, 3.8) is 0 Å². The van der Waals surface area contributed by atoms with E-state index < -0.39 is 11.5 Å². The van der Waals surface area contributed by atoms with Gasteiger partial charge in [-0.25, -0.2) is 0 Å². The van der Waals surface area contributed by atoms with Crippen molar-refractivity contribution in [3.8, 4) is 11.5 Å². The van der Waals surface area contributed by atoms with E-state index in [0.29, 0.717) is 34.1 Å². The van der Waals surface area contributed by atoms with E-state index in [-0.39, 0.29) is 12.2 Å². The van der Waals surface area contributed by atoms with E-state index in [1.54, 1.807) is 36.4 Å². The molecule has 1 amide bonds. The van der Waals surface area contributed by atoms with Crippen LogP contribution in [0.25, 0.3) is 0 Å². The lowest BCUT2D eigenvalue weighted by molar-refractivity contribution is -0.136. The van der Waals surface area contributed by atoms with Gasteiger partial charge in [0.25, 0.3) is 5.91 Å². The van der Waals surface area contributed by atoms with Gasteiger partial charge in [-0.1, -0.05) is 23.7 Å². The molecule has 3 rings (SSSR count). The first-order valence-corrected chi connectivity index (χ1v) is 7.99. The Kier molecular flexibility index (Phi) is 4.15. The number of ether oxygens (including phenoxy) is 1. The molecule has 126 valence electrons. The molecule has 0 radical (unpaired) electrons. The molecule has 24 heavy (non-hydrogen) atoms. The molecule has 1 aliphatic heterocycles. The highest BCUT2D eigenvalue weighted by molar-refractivity contribution is 6.31. The Labute approximate surface area is 145 Å². The molecular formula is C18H18ClNO4. The standard InChI is InChI=1S/C18H18ClNO4/c1-3-20-14-8-7-12(19)9-13(14)18(23,17(20)22)10-11-5-4-6-15(24-2)16(11)21/h4-9,21,23H,3,10H2,1-2H3. The van der Waals surface area contributed by atoms with E-state index in [0.717, 1.165) is 0 Å². The highest BCUT2D eigenvalue weighted by atomic mass is 35.5. The van der Waals surface area contributed by atoms with Gasteiger partial charge >= 0.3 is 0 Å². The summed E-state index contributed by atoms with van der Waals surface area (Å²) in [6.45, 7) is 2.27. The van der Waals surface area contributed by atoms with Gasteiger partial charge in [0.15, 0.2) is 17.1 Å². The third-order valence-corrected chi connectivity index (χ3v) is 4.59. The van der Waals surface area contributed by atoms with Gasteiger partial charge in [0.1, 0.15) is 0 Å². The van der Waals surface area contributed by atoms with Gasteiger partial charge in [-0.05, 0) is 31.2 Å². The summed E-state index contributed by atoms with van der Waals surface area (Å²) < 4.78 is 5.09. The van der Waals surface area contributed by atoms with Crippen molar-refractivity contribution in [2.24, 2.45) is 0 Å². The number of amides is 1. The molecule has 1 unspecified atom stereocenters. The normalized spacial score (nSPS) is 19.5. The summed E-state index contributed by atoms with van der Waals surface area (Å²) in [5.74, 6) is -0.218. The third kappa shape index (κ3) is 2.41. The molecule has 0 spiro atoms. The molecule has 2 aromatic rings. The van der Waals surface area contributed by atoms with E-state index in [1.807, 2.05) is 6.92 Å². The minimum absolute atomic E-state index is 0.0707. The number of hydrogen-bond donors (Lipinski definition) is 2. The van der Waals surface area contributed by atoms with Crippen LogP contribution in [0.4, 0.5) is 5.69 Å². The van der Waals surface area contributed by atoms with Gasteiger partial charge in [0.05, 0.1) is 12.8 Å². The highest BCUT2D eigenvalue weighted by Crippen LogP contribution is 2.45. The maximum atomic E-state index is 12.8. The van der Waals surface area contributed by atoms with E-state index in [4.69, 9.17) is 16.3 Å². The maximum absolute atomic E-state index is 12.8. The number of nitrogens with zero attached hydrogens (tertiary/aromatic N) is 1. The highest BCUT2D eigenvalue weighted by Gasteiger charge is 2.49. The van der Waals surface area contributed by atoms with Crippen LogP contribution in [0.5, 0.6) is 11.5 Å². The van der Waals surface area contributed by atoms with Crippen molar-refractivity contribution in [3.05, 3.63) is 52.5 Å². The molecule has 0 saturated heterocycles. The molecule has 0 bridgehead atoms. The summed E-state index contributed by atoms with van der Waals surface area (Å²) >= 11 is 6.06. The molecular weight excluding hydrogens is 330 g/mol. The topological polar surface area (TPSA) is 70.0 Å². The molecule has 2 aromatic carbocycles. The van der Waals surface area contributed by atoms with Crippen LogP contribution >= 0.6 is 11.6 Å². The molecule has 1 atom stereocenters. The van der Waals surface area contributed by atoms with Gasteiger partial charge in [-0.3, -0.25) is 4.79 Å². The summed E-state index contributed by atoms with van der Waals surface area (Å²) in [4.78, 5) is 14.3. The van der Waals surface area contributed by atoms with Gasteiger partial charge in [0, 0.05) is 29.1 Å². The van der Waals surface area contributed by atoms with E-state index >= 15 is 0 Å². The molecule has 1 aliphatic rings. The fourth-order valence-corrected chi connectivity index (χ4v) is 3.33. The maximum Gasteiger partial charge on any atom is 0.264 e. The number of likely N-dealkylation sites (N-methyl/N-ethyl adjacent to an activating group) is 1. The number of hydrogen-bond acceptors (Lipinski definition) is 4. The quantitative estimate of drug-likeness (QED) is 0.892. The first-order valence-electron chi connectivity index (χ1n) is 7.61. The third-order valence-electron chi connectivity index (χ3n) is 4.36. The fourth-order valence-electron chi connectivity index (χ4n) is 3.16. The molecule has 6 heteroatoms. The number of carbonyl (C=O) groups is 1. The lowest BCUT2D eigenvalue weighted by Crippen LogP contribution is -2.41. The Morgan fingerprint density at radius 1 is 1.29 bits per heavy atom. The van der Waals surface area contributed by atoms with Gasteiger partial charge in [0.2, 0.25) is 0 Å². The number of phenolic OH excluding ortho intramolecular Hbond substituents is 1. The summed E-state index contributed by atoms with van der Waals surface area (Å²) in [6.07, 6.45) is -0.0707.